The lowest BCUT2D eigenvalue weighted by molar-refractivity contribution is -0.276. The van der Waals surface area contributed by atoms with Gasteiger partial charge >= 0.3 is 6.36 Å². The number of alkyl halides is 3. The number of aryl methyl sites for hydroxylation is 1. The van der Waals surface area contributed by atoms with E-state index in [0.717, 1.165) is 18.4 Å². The molecule has 4 aromatic carbocycles. The van der Waals surface area contributed by atoms with Crippen LogP contribution in [0.3, 0.4) is 0 Å². The third-order valence-corrected chi connectivity index (χ3v) is 5.45. The van der Waals surface area contributed by atoms with Crippen LogP contribution in [0.2, 0.25) is 0 Å². The van der Waals surface area contributed by atoms with E-state index >= 15 is 4.39 Å². The first-order valence-corrected chi connectivity index (χ1v) is 11.3. The Bertz CT molecular complexity index is 1600. The fourth-order valence-corrected chi connectivity index (χ4v) is 3.62. The van der Waals surface area contributed by atoms with E-state index in [9.17, 15) is 22.0 Å². The minimum Gasteiger partial charge on any atom is -0.399 e. The molecule has 190 valence electrons. The molecule has 7 heteroatoms. The molecule has 0 saturated heterocycles. The van der Waals surface area contributed by atoms with Crippen LogP contribution in [-0.2, 0) is 6.42 Å². The van der Waals surface area contributed by atoms with Crippen LogP contribution in [0, 0.1) is 41.1 Å². The Morgan fingerprint density at radius 1 is 0.737 bits per heavy atom. The molecule has 0 saturated carbocycles. The van der Waals surface area contributed by atoms with E-state index in [1.807, 2.05) is 30.3 Å². The van der Waals surface area contributed by atoms with E-state index in [0.29, 0.717) is 23.1 Å². The van der Waals surface area contributed by atoms with E-state index < -0.39 is 29.6 Å². The minimum atomic E-state index is -5.26. The van der Waals surface area contributed by atoms with Crippen molar-refractivity contribution in [3.8, 4) is 29.4 Å². The molecule has 0 bridgehead atoms. The topological polar surface area (TPSA) is 9.23 Å². The predicted octanol–water partition coefficient (Wildman–Crippen LogP) is 8.07. The Balaban J connectivity index is 1.55. The van der Waals surface area contributed by atoms with Crippen LogP contribution in [0.1, 0.15) is 34.2 Å². The summed E-state index contributed by atoms with van der Waals surface area (Å²) in [6.45, 7) is 3.72. The average molecular weight is 520 g/mol. The van der Waals surface area contributed by atoms with Crippen LogP contribution in [0.15, 0.2) is 79.4 Å². The summed E-state index contributed by atoms with van der Waals surface area (Å²) in [5.74, 6) is 5.58. The highest BCUT2D eigenvalue weighted by Crippen LogP contribution is 2.29. The number of hydrogen-bond acceptors (Lipinski definition) is 1. The molecule has 0 aliphatic rings. The van der Waals surface area contributed by atoms with Crippen LogP contribution in [-0.4, -0.2) is 6.36 Å². The summed E-state index contributed by atoms with van der Waals surface area (Å²) < 4.78 is 83.1. The van der Waals surface area contributed by atoms with Gasteiger partial charge in [0.15, 0.2) is 11.6 Å². The molecule has 4 rings (SSSR count). The fourth-order valence-electron chi connectivity index (χ4n) is 3.62. The van der Waals surface area contributed by atoms with Gasteiger partial charge in [-0.25, -0.2) is 13.2 Å². The molecule has 38 heavy (non-hydrogen) atoms. The summed E-state index contributed by atoms with van der Waals surface area (Å²) >= 11 is 0. The summed E-state index contributed by atoms with van der Waals surface area (Å²) in [7, 11) is 0. The standard InChI is InChI=1S/C31H18F6O/c1-2-3-4-20-5-7-21(8-6-20)9-10-22-12-16-26-25(17-22)15-14-24(29(26)34)13-11-23-18-27(32)30(28(33)19-23)38-31(35,36)37/h2,5-8,12,14-19H,1,3-4H2. The average Bonchev–Trinajstić information content (AvgIpc) is 2.88. The van der Waals surface area contributed by atoms with Gasteiger partial charge in [0.1, 0.15) is 5.82 Å². The molecule has 0 N–H and O–H groups in total. The van der Waals surface area contributed by atoms with Gasteiger partial charge in [-0.1, -0.05) is 54.0 Å². The first-order valence-electron chi connectivity index (χ1n) is 11.3. The molecule has 0 aliphatic heterocycles. The van der Waals surface area contributed by atoms with Gasteiger partial charge in [-0.05, 0) is 66.3 Å². The molecule has 0 heterocycles. The molecule has 0 fully saturated rings. The van der Waals surface area contributed by atoms with Gasteiger partial charge in [-0.15, -0.1) is 19.8 Å². The maximum Gasteiger partial charge on any atom is 0.573 e. The van der Waals surface area contributed by atoms with Crippen LogP contribution in [0.5, 0.6) is 5.75 Å². The van der Waals surface area contributed by atoms with Crippen LogP contribution in [0.4, 0.5) is 26.3 Å². The lowest BCUT2D eigenvalue weighted by Crippen LogP contribution is -2.19. The molecule has 0 aliphatic carbocycles. The highest BCUT2D eigenvalue weighted by Gasteiger charge is 2.34. The lowest BCUT2D eigenvalue weighted by Gasteiger charge is -2.10. The largest absolute Gasteiger partial charge is 0.573 e. The number of rotatable bonds is 4. The zero-order chi connectivity index (χ0) is 27.3. The Kier molecular flexibility index (Phi) is 7.79. The first-order chi connectivity index (χ1) is 18.1. The molecule has 0 spiro atoms. The predicted molar refractivity (Wildman–Crippen MR) is 134 cm³/mol. The third kappa shape index (κ3) is 6.57. The van der Waals surface area contributed by atoms with E-state index in [4.69, 9.17) is 0 Å². The molecule has 0 atom stereocenters. The van der Waals surface area contributed by atoms with Crippen molar-refractivity contribution in [3.05, 3.63) is 125 Å². The van der Waals surface area contributed by atoms with E-state index in [1.54, 1.807) is 24.3 Å². The van der Waals surface area contributed by atoms with Crippen molar-refractivity contribution >= 4 is 10.8 Å². The van der Waals surface area contributed by atoms with Crippen molar-refractivity contribution in [1.29, 1.82) is 0 Å². The van der Waals surface area contributed by atoms with Gasteiger partial charge < -0.3 is 4.74 Å². The van der Waals surface area contributed by atoms with Gasteiger partial charge in [0.2, 0.25) is 5.75 Å². The van der Waals surface area contributed by atoms with Crippen molar-refractivity contribution in [3.63, 3.8) is 0 Å². The number of allylic oxidation sites excluding steroid dienone is 1. The smallest absolute Gasteiger partial charge is 0.399 e. The molecule has 0 unspecified atom stereocenters. The molecular formula is C31H18F6O. The van der Waals surface area contributed by atoms with Crippen molar-refractivity contribution in [2.45, 2.75) is 19.2 Å². The van der Waals surface area contributed by atoms with Gasteiger partial charge in [0, 0.05) is 22.1 Å². The Morgan fingerprint density at radius 3 is 2.03 bits per heavy atom. The zero-order valence-electron chi connectivity index (χ0n) is 19.7. The second kappa shape index (κ2) is 11.2. The lowest BCUT2D eigenvalue weighted by atomic mass is 10.0. The molecule has 1 nitrogen and oxygen atoms in total. The summed E-state index contributed by atoms with van der Waals surface area (Å²) in [4.78, 5) is 0. The van der Waals surface area contributed by atoms with Gasteiger partial charge in [-0.3, -0.25) is 0 Å². The number of benzene rings is 4. The molecular weight excluding hydrogens is 502 g/mol. The maximum absolute atomic E-state index is 15.1. The SMILES string of the molecule is C=CCCc1ccc(C#Cc2ccc3c(F)c(C#Cc4cc(F)c(OC(F)(F)F)c(F)c4)ccc3c2)cc1. The zero-order valence-corrected chi connectivity index (χ0v) is 19.7. The second-order valence-corrected chi connectivity index (χ2v) is 8.20. The minimum absolute atomic E-state index is 0.0516. The van der Waals surface area contributed by atoms with Crippen LogP contribution < -0.4 is 4.74 Å². The Hall–Kier alpha value is -4.62. The van der Waals surface area contributed by atoms with Gasteiger partial charge in [0.05, 0.1) is 5.56 Å². The van der Waals surface area contributed by atoms with Crippen molar-refractivity contribution in [1.82, 2.24) is 0 Å². The second-order valence-electron chi connectivity index (χ2n) is 8.20. The highest BCUT2D eigenvalue weighted by atomic mass is 19.4. The van der Waals surface area contributed by atoms with Crippen LogP contribution >= 0.6 is 0 Å². The fraction of sp³-hybridized carbons (Fsp3) is 0.0968. The number of hydrogen-bond donors (Lipinski definition) is 0. The molecule has 0 amide bonds. The number of ether oxygens (including phenoxy) is 1. The van der Waals surface area contributed by atoms with Crippen molar-refractivity contribution < 1.29 is 31.1 Å². The molecule has 0 aromatic heterocycles. The monoisotopic (exact) mass is 520 g/mol. The number of halogens is 6. The Morgan fingerprint density at radius 2 is 1.37 bits per heavy atom. The Labute approximate surface area is 215 Å². The maximum atomic E-state index is 15.1. The molecule has 0 radical (unpaired) electrons. The normalized spacial score (nSPS) is 10.8. The summed E-state index contributed by atoms with van der Waals surface area (Å²) in [6.07, 6.45) is -1.58. The van der Waals surface area contributed by atoms with Crippen molar-refractivity contribution in [2.75, 3.05) is 0 Å². The number of fused-ring (bicyclic) bond motifs is 1. The summed E-state index contributed by atoms with van der Waals surface area (Å²) in [5, 5.41) is 0.838. The first kappa shape index (κ1) is 26.4. The van der Waals surface area contributed by atoms with Gasteiger partial charge in [-0.2, -0.15) is 0 Å². The summed E-state index contributed by atoms with van der Waals surface area (Å²) in [6, 6.07) is 17.0. The van der Waals surface area contributed by atoms with Crippen molar-refractivity contribution in [2.24, 2.45) is 0 Å². The summed E-state index contributed by atoms with van der Waals surface area (Å²) in [5.41, 5.74) is 2.38. The van der Waals surface area contributed by atoms with E-state index in [1.165, 1.54) is 11.6 Å². The highest BCUT2D eigenvalue weighted by molar-refractivity contribution is 5.86. The van der Waals surface area contributed by atoms with E-state index in [-0.39, 0.29) is 16.5 Å². The molecule has 4 aromatic rings. The van der Waals surface area contributed by atoms with E-state index in [2.05, 4.69) is 35.0 Å². The van der Waals surface area contributed by atoms with Gasteiger partial charge in [0.25, 0.3) is 0 Å². The van der Waals surface area contributed by atoms with Crippen LogP contribution in [0.25, 0.3) is 10.8 Å². The quantitative estimate of drug-likeness (QED) is 0.150. The third-order valence-electron chi connectivity index (χ3n) is 5.45.